The molecular formula is C8H15NO3. The van der Waals surface area contributed by atoms with Crippen molar-refractivity contribution in [2.24, 2.45) is 0 Å². The lowest BCUT2D eigenvalue weighted by Crippen LogP contribution is -2.30. The van der Waals surface area contributed by atoms with E-state index in [0.29, 0.717) is 6.42 Å². The van der Waals surface area contributed by atoms with Crippen molar-refractivity contribution >= 4 is 11.7 Å². The van der Waals surface area contributed by atoms with Crippen LogP contribution in [0.3, 0.4) is 0 Å². The molecule has 0 saturated carbocycles. The summed E-state index contributed by atoms with van der Waals surface area (Å²) >= 11 is 0. The lowest BCUT2D eigenvalue weighted by Gasteiger charge is -2.14. The molecule has 0 heterocycles. The lowest BCUT2D eigenvalue weighted by molar-refractivity contribution is -0.134. The summed E-state index contributed by atoms with van der Waals surface area (Å²) in [5, 5.41) is 8.50. The monoisotopic (exact) mass is 173 g/mol. The summed E-state index contributed by atoms with van der Waals surface area (Å²) in [5.74, 6) is -0.291. The molecule has 0 unspecified atom stereocenters. The van der Waals surface area contributed by atoms with Gasteiger partial charge in [-0.3, -0.25) is 9.59 Å². The molecule has 0 bridgehead atoms. The van der Waals surface area contributed by atoms with Gasteiger partial charge in [0.25, 0.3) is 0 Å². The number of carbonyl (C=O) groups excluding carboxylic acids is 2. The van der Waals surface area contributed by atoms with E-state index in [1.54, 1.807) is 14.0 Å². The third-order valence-corrected chi connectivity index (χ3v) is 1.60. The predicted molar refractivity (Wildman–Crippen MR) is 44.6 cm³/mol. The zero-order chi connectivity index (χ0) is 9.56. The highest BCUT2D eigenvalue weighted by Crippen LogP contribution is 1.94. The minimum atomic E-state index is -0.226. The van der Waals surface area contributed by atoms with Crippen LogP contribution in [-0.4, -0.2) is 41.9 Å². The average molecular weight is 173 g/mol. The number of carbonyl (C=O) groups is 2. The second-order valence-corrected chi connectivity index (χ2v) is 2.61. The quantitative estimate of drug-likeness (QED) is 0.586. The molecule has 0 aromatic rings. The molecule has 70 valence electrons. The molecule has 0 aliphatic heterocycles. The number of ketones is 1. The third kappa shape index (κ3) is 4.08. The maximum atomic E-state index is 11.1. The summed E-state index contributed by atoms with van der Waals surface area (Å²) in [6, 6.07) is 0. The first-order valence-electron chi connectivity index (χ1n) is 3.98. The smallest absolute Gasteiger partial charge is 0.229 e. The molecule has 1 amide bonds. The Morgan fingerprint density at radius 1 is 1.42 bits per heavy atom. The van der Waals surface area contributed by atoms with Crippen LogP contribution >= 0.6 is 0 Å². The van der Waals surface area contributed by atoms with E-state index in [9.17, 15) is 9.59 Å². The molecule has 0 fully saturated rings. The zero-order valence-corrected chi connectivity index (χ0v) is 7.54. The molecular weight excluding hydrogens is 158 g/mol. The summed E-state index contributed by atoms with van der Waals surface area (Å²) in [4.78, 5) is 23.3. The molecule has 0 aromatic carbocycles. The van der Waals surface area contributed by atoms with Crippen LogP contribution in [0.15, 0.2) is 0 Å². The summed E-state index contributed by atoms with van der Waals surface area (Å²) in [6.45, 7) is 1.94. The van der Waals surface area contributed by atoms with Gasteiger partial charge >= 0.3 is 0 Å². The molecule has 0 rings (SSSR count). The van der Waals surface area contributed by atoms with Crippen LogP contribution in [0.5, 0.6) is 0 Å². The van der Waals surface area contributed by atoms with Crippen LogP contribution in [0, 0.1) is 0 Å². The summed E-state index contributed by atoms with van der Waals surface area (Å²) in [7, 11) is 1.57. The van der Waals surface area contributed by atoms with Crippen molar-refractivity contribution in [2.75, 3.05) is 20.2 Å². The number of rotatable bonds is 5. The molecule has 0 aliphatic carbocycles. The highest BCUT2D eigenvalue weighted by Gasteiger charge is 2.11. The van der Waals surface area contributed by atoms with E-state index in [2.05, 4.69) is 0 Å². The Labute approximate surface area is 72.2 Å². The van der Waals surface area contributed by atoms with Gasteiger partial charge in [0.15, 0.2) is 0 Å². The van der Waals surface area contributed by atoms with Gasteiger partial charge in [0.2, 0.25) is 5.91 Å². The Bertz CT molecular complexity index is 168. The van der Waals surface area contributed by atoms with Gasteiger partial charge in [-0.2, -0.15) is 0 Å². The molecule has 4 nitrogen and oxygen atoms in total. The van der Waals surface area contributed by atoms with E-state index >= 15 is 0 Å². The van der Waals surface area contributed by atoms with Gasteiger partial charge in [-0.25, -0.2) is 0 Å². The third-order valence-electron chi connectivity index (χ3n) is 1.60. The number of nitrogens with zero attached hydrogens (tertiary/aromatic N) is 1. The number of likely N-dealkylation sites (N-methyl/N-ethyl adjacent to an activating group) is 1. The Hall–Kier alpha value is -0.900. The molecule has 0 aliphatic rings. The Kier molecular flexibility index (Phi) is 5.28. The van der Waals surface area contributed by atoms with Crippen molar-refractivity contribution in [1.82, 2.24) is 4.90 Å². The van der Waals surface area contributed by atoms with Gasteiger partial charge in [0, 0.05) is 20.0 Å². The molecule has 1 N–H and O–H groups in total. The van der Waals surface area contributed by atoms with Crippen molar-refractivity contribution in [3.05, 3.63) is 0 Å². The second kappa shape index (κ2) is 5.71. The molecule has 0 saturated heterocycles. The molecule has 0 aromatic heterocycles. The molecule has 4 heteroatoms. The van der Waals surface area contributed by atoms with Crippen LogP contribution in [0.25, 0.3) is 0 Å². The van der Waals surface area contributed by atoms with Crippen molar-refractivity contribution in [3.63, 3.8) is 0 Å². The minimum Gasteiger partial charge on any atom is -0.395 e. The van der Waals surface area contributed by atoms with E-state index in [-0.39, 0.29) is 31.3 Å². The van der Waals surface area contributed by atoms with E-state index in [0.717, 1.165) is 0 Å². The molecule has 12 heavy (non-hydrogen) atoms. The fourth-order valence-corrected chi connectivity index (χ4v) is 0.703. The first-order valence-corrected chi connectivity index (χ1v) is 3.98. The number of aliphatic hydroxyl groups is 1. The van der Waals surface area contributed by atoms with Crippen molar-refractivity contribution < 1.29 is 14.7 Å². The topological polar surface area (TPSA) is 57.6 Å². The van der Waals surface area contributed by atoms with Gasteiger partial charge in [-0.15, -0.1) is 0 Å². The zero-order valence-electron chi connectivity index (χ0n) is 7.54. The number of aliphatic hydroxyl groups excluding tert-OH is 1. The van der Waals surface area contributed by atoms with E-state index < -0.39 is 0 Å². The van der Waals surface area contributed by atoms with Crippen LogP contribution in [0.2, 0.25) is 0 Å². The van der Waals surface area contributed by atoms with E-state index in [4.69, 9.17) is 5.11 Å². The van der Waals surface area contributed by atoms with Crippen LogP contribution in [-0.2, 0) is 9.59 Å². The summed E-state index contributed by atoms with van der Waals surface area (Å²) in [5.41, 5.74) is 0. The fourth-order valence-electron chi connectivity index (χ4n) is 0.703. The number of hydrogen-bond donors (Lipinski definition) is 1. The van der Waals surface area contributed by atoms with Gasteiger partial charge in [0.1, 0.15) is 5.78 Å². The van der Waals surface area contributed by atoms with Gasteiger partial charge < -0.3 is 10.0 Å². The van der Waals surface area contributed by atoms with Crippen LogP contribution in [0.1, 0.15) is 19.8 Å². The number of amides is 1. The summed E-state index contributed by atoms with van der Waals surface area (Å²) < 4.78 is 0. The lowest BCUT2D eigenvalue weighted by atomic mass is 10.2. The normalized spacial score (nSPS) is 9.58. The van der Waals surface area contributed by atoms with Crippen LogP contribution < -0.4 is 0 Å². The van der Waals surface area contributed by atoms with Gasteiger partial charge in [0.05, 0.1) is 13.0 Å². The largest absolute Gasteiger partial charge is 0.395 e. The molecule has 0 radical (unpaired) electrons. The first-order chi connectivity index (χ1) is 5.61. The Morgan fingerprint density at radius 3 is 2.42 bits per heavy atom. The van der Waals surface area contributed by atoms with Gasteiger partial charge in [-0.05, 0) is 0 Å². The van der Waals surface area contributed by atoms with Crippen molar-refractivity contribution in [1.29, 1.82) is 0 Å². The fraction of sp³-hybridized carbons (Fsp3) is 0.750. The van der Waals surface area contributed by atoms with E-state index in [1.807, 2.05) is 0 Å². The maximum Gasteiger partial charge on any atom is 0.229 e. The standard InChI is InChI=1S/C8H15NO3/c1-3-7(11)6-8(12)9(2)4-5-10/h10H,3-6H2,1-2H3. The average Bonchev–Trinajstić information content (AvgIpc) is 2.04. The van der Waals surface area contributed by atoms with E-state index in [1.165, 1.54) is 4.90 Å². The molecule has 0 atom stereocenters. The number of hydrogen-bond acceptors (Lipinski definition) is 3. The van der Waals surface area contributed by atoms with Crippen molar-refractivity contribution in [2.45, 2.75) is 19.8 Å². The molecule has 0 spiro atoms. The highest BCUT2D eigenvalue weighted by molar-refractivity contribution is 5.97. The second-order valence-electron chi connectivity index (χ2n) is 2.61. The van der Waals surface area contributed by atoms with Crippen molar-refractivity contribution in [3.8, 4) is 0 Å². The van der Waals surface area contributed by atoms with Crippen LogP contribution in [0.4, 0.5) is 0 Å². The Morgan fingerprint density at radius 2 is 2.00 bits per heavy atom. The number of Topliss-reactive ketones (excluding diaryl/α,β-unsaturated/α-hetero) is 1. The maximum absolute atomic E-state index is 11.1. The Balaban J connectivity index is 3.78. The minimum absolute atomic E-state index is 0.0486. The predicted octanol–water partition coefficient (Wildman–Crippen LogP) is -0.194. The summed E-state index contributed by atoms with van der Waals surface area (Å²) in [6.07, 6.45) is 0.339. The highest BCUT2D eigenvalue weighted by atomic mass is 16.3. The SMILES string of the molecule is CCC(=O)CC(=O)N(C)CCO. The first kappa shape index (κ1) is 11.1. The van der Waals surface area contributed by atoms with Gasteiger partial charge in [-0.1, -0.05) is 6.92 Å².